The highest BCUT2D eigenvalue weighted by atomic mass is 19.1. The first-order valence-electron chi connectivity index (χ1n) is 14.3. The molecule has 0 saturated heterocycles. The fourth-order valence-electron chi connectivity index (χ4n) is 5.47. The van der Waals surface area contributed by atoms with Crippen molar-refractivity contribution in [2.45, 2.75) is 19.5 Å². The molecule has 0 saturated carbocycles. The van der Waals surface area contributed by atoms with E-state index in [1.165, 1.54) is 24.4 Å². The number of furan rings is 1. The van der Waals surface area contributed by atoms with Crippen LogP contribution in [-0.2, 0) is 11.3 Å². The van der Waals surface area contributed by atoms with Gasteiger partial charge in [0.05, 0.1) is 18.3 Å². The third-order valence-electron chi connectivity index (χ3n) is 7.80. The molecule has 0 unspecified atom stereocenters. The number of carbonyl (C=O) groups excluding carboxylic acids is 1. The number of rotatable bonds is 8. The number of hydrogen-bond acceptors (Lipinski definition) is 6. The van der Waals surface area contributed by atoms with E-state index in [1.54, 1.807) is 18.5 Å². The Morgan fingerprint density at radius 2 is 1.82 bits per heavy atom. The van der Waals surface area contributed by atoms with E-state index in [9.17, 15) is 14.0 Å². The number of pyridine rings is 1. The Bertz CT molecular complexity index is 2290. The van der Waals surface area contributed by atoms with Crippen LogP contribution in [0.5, 0.6) is 0 Å². The Kier molecular flexibility index (Phi) is 6.94. The van der Waals surface area contributed by atoms with Gasteiger partial charge in [-0.2, -0.15) is 0 Å². The zero-order valence-corrected chi connectivity index (χ0v) is 24.2. The van der Waals surface area contributed by atoms with E-state index in [1.807, 2.05) is 61.5 Å². The van der Waals surface area contributed by atoms with Crippen LogP contribution in [0.4, 0.5) is 10.1 Å². The fourth-order valence-corrected chi connectivity index (χ4v) is 5.47. The first kappa shape index (κ1) is 27.8. The maximum absolute atomic E-state index is 14.9. The number of aromatic nitrogens is 4. The highest BCUT2D eigenvalue weighted by molar-refractivity contribution is 6.13. The van der Waals surface area contributed by atoms with E-state index in [-0.39, 0.29) is 35.4 Å². The molecule has 1 atom stereocenters. The molecule has 0 aliphatic rings. The van der Waals surface area contributed by atoms with Crippen LogP contribution in [0.15, 0.2) is 113 Å². The summed E-state index contributed by atoms with van der Waals surface area (Å²) in [4.78, 5) is 39.1. The zero-order chi connectivity index (χ0) is 31.1. The molecule has 4 heterocycles. The van der Waals surface area contributed by atoms with Crippen molar-refractivity contribution in [2.75, 3.05) is 5.32 Å². The van der Waals surface area contributed by atoms with Gasteiger partial charge in [0.15, 0.2) is 5.82 Å². The lowest BCUT2D eigenvalue weighted by atomic mass is 10.0. The lowest BCUT2D eigenvalue weighted by Gasteiger charge is -2.19. The Morgan fingerprint density at radius 1 is 1.02 bits per heavy atom. The molecule has 1 amide bonds. The van der Waals surface area contributed by atoms with Crippen LogP contribution in [-0.4, -0.2) is 25.4 Å². The molecule has 9 nitrogen and oxygen atoms in total. The lowest BCUT2D eigenvalue weighted by Crippen LogP contribution is -2.33. The number of nitrogens with zero attached hydrogens (tertiary/aromatic N) is 3. The second kappa shape index (κ2) is 11.2. The van der Waals surface area contributed by atoms with Crippen LogP contribution < -0.4 is 16.2 Å². The summed E-state index contributed by atoms with van der Waals surface area (Å²) in [5.74, 6) is -1.25. The van der Waals surface area contributed by atoms with Gasteiger partial charge >= 0.3 is 0 Å². The van der Waals surface area contributed by atoms with E-state index < -0.39 is 17.3 Å². The van der Waals surface area contributed by atoms with Crippen LogP contribution in [0, 0.1) is 5.82 Å². The normalized spacial score (nSPS) is 12.0. The maximum atomic E-state index is 14.9. The standard InChI is InChI=1S/C35H27FN6O3/c1-20(22-11-12-32-27(16-22)25-7-4-6-10-31(25)45-32)40-30-19-38-33(26-8-3-5-9-28(26)36)42(35(30)44)21(2)34(43)39-18-24-15-23-17-37-14-13-29(23)41-24/h3-17,19-20,40-41H,2,18H2,1H3,(H,39,43)/t20-/m1/s1. The molecule has 222 valence electrons. The summed E-state index contributed by atoms with van der Waals surface area (Å²) >= 11 is 0. The topological polar surface area (TPSA) is 118 Å². The van der Waals surface area contributed by atoms with Gasteiger partial charge in [-0.15, -0.1) is 0 Å². The van der Waals surface area contributed by atoms with Crippen molar-refractivity contribution in [2.24, 2.45) is 0 Å². The van der Waals surface area contributed by atoms with Crippen molar-refractivity contribution in [1.29, 1.82) is 0 Å². The number of anilines is 1. The number of fused-ring (bicyclic) bond motifs is 4. The van der Waals surface area contributed by atoms with E-state index in [2.05, 4.69) is 32.2 Å². The van der Waals surface area contributed by atoms with Crippen molar-refractivity contribution in [3.8, 4) is 11.4 Å². The van der Waals surface area contributed by atoms with Crippen molar-refractivity contribution in [1.82, 2.24) is 24.8 Å². The van der Waals surface area contributed by atoms with Crippen molar-refractivity contribution in [3.05, 3.63) is 131 Å². The minimum absolute atomic E-state index is 0.0422. The van der Waals surface area contributed by atoms with Crippen molar-refractivity contribution >= 4 is 50.1 Å². The number of hydrogen-bond donors (Lipinski definition) is 3. The first-order chi connectivity index (χ1) is 21.9. The van der Waals surface area contributed by atoms with Gasteiger partial charge in [0.25, 0.3) is 11.5 Å². The van der Waals surface area contributed by atoms with Crippen LogP contribution in [0.25, 0.3) is 49.9 Å². The smallest absolute Gasteiger partial charge is 0.281 e. The number of aromatic amines is 1. The predicted octanol–water partition coefficient (Wildman–Crippen LogP) is 6.79. The average Bonchev–Trinajstić information content (AvgIpc) is 3.65. The van der Waals surface area contributed by atoms with Gasteiger partial charge in [0.2, 0.25) is 0 Å². The number of carbonyl (C=O) groups is 1. The van der Waals surface area contributed by atoms with Crippen LogP contribution in [0.1, 0.15) is 24.2 Å². The van der Waals surface area contributed by atoms with Gasteiger partial charge < -0.3 is 20.0 Å². The zero-order valence-electron chi connectivity index (χ0n) is 24.2. The second-order valence-electron chi connectivity index (χ2n) is 10.7. The number of nitrogens with one attached hydrogen (secondary N) is 3. The van der Waals surface area contributed by atoms with Gasteiger partial charge in [0.1, 0.15) is 28.4 Å². The van der Waals surface area contributed by atoms with Crippen LogP contribution in [0.2, 0.25) is 0 Å². The molecule has 0 fully saturated rings. The Balaban J connectivity index is 1.21. The summed E-state index contributed by atoms with van der Waals surface area (Å²) in [5, 5.41) is 8.87. The molecule has 45 heavy (non-hydrogen) atoms. The molecule has 4 aromatic heterocycles. The third-order valence-corrected chi connectivity index (χ3v) is 7.80. The molecular formula is C35H27FN6O3. The lowest BCUT2D eigenvalue weighted by molar-refractivity contribution is -0.116. The molecule has 0 radical (unpaired) electrons. The van der Waals surface area contributed by atoms with E-state index in [0.717, 1.165) is 48.7 Å². The summed E-state index contributed by atoms with van der Waals surface area (Å²) in [6, 6.07) is 23.0. The summed E-state index contributed by atoms with van der Waals surface area (Å²) in [6.45, 7) is 5.98. The largest absolute Gasteiger partial charge is 0.456 e. The molecule has 0 bridgehead atoms. The van der Waals surface area contributed by atoms with Gasteiger partial charge in [-0.25, -0.2) is 9.37 Å². The number of para-hydroxylation sites is 1. The Morgan fingerprint density at radius 3 is 2.67 bits per heavy atom. The number of H-pyrrole nitrogens is 1. The second-order valence-corrected chi connectivity index (χ2v) is 10.7. The molecule has 7 aromatic rings. The molecular weight excluding hydrogens is 571 g/mol. The number of amides is 1. The van der Waals surface area contributed by atoms with Crippen molar-refractivity contribution < 1.29 is 13.6 Å². The predicted molar refractivity (Wildman–Crippen MR) is 173 cm³/mol. The minimum Gasteiger partial charge on any atom is -0.456 e. The van der Waals surface area contributed by atoms with Gasteiger partial charge in [-0.1, -0.05) is 43.0 Å². The SMILES string of the molecule is C=C(C(=O)NCc1cc2cnccc2[nH]1)n1c(-c2ccccc2F)ncc(N[C@H](C)c2ccc3oc4ccccc4c3c2)c1=O. The summed E-state index contributed by atoms with van der Waals surface area (Å²) in [7, 11) is 0. The molecule has 3 aromatic carbocycles. The minimum atomic E-state index is -0.615. The van der Waals surface area contributed by atoms with E-state index in [4.69, 9.17) is 4.42 Å². The van der Waals surface area contributed by atoms with E-state index >= 15 is 0 Å². The highest BCUT2D eigenvalue weighted by Gasteiger charge is 2.22. The number of halogens is 1. The van der Waals surface area contributed by atoms with Gasteiger partial charge in [-0.05, 0) is 55.0 Å². The molecule has 0 aliphatic heterocycles. The summed E-state index contributed by atoms with van der Waals surface area (Å²) in [5.41, 5.74) is 3.46. The number of benzene rings is 3. The average molecular weight is 599 g/mol. The monoisotopic (exact) mass is 598 g/mol. The maximum Gasteiger partial charge on any atom is 0.281 e. The van der Waals surface area contributed by atoms with Crippen molar-refractivity contribution in [3.63, 3.8) is 0 Å². The quantitative estimate of drug-likeness (QED) is 0.166. The molecule has 0 spiro atoms. The van der Waals surface area contributed by atoms with Gasteiger partial charge in [-0.3, -0.25) is 19.1 Å². The Labute approximate surface area is 256 Å². The summed E-state index contributed by atoms with van der Waals surface area (Å²) < 4.78 is 21.9. The molecule has 3 N–H and O–H groups in total. The van der Waals surface area contributed by atoms with E-state index in [0.29, 0.717) is 0 Å². The highest BCUT2D eigenvalue weighted by Crippen LogP contribution is 2.31. The molecule has 7 rings (SSSR count). The first-order valence-corrected chi connectivity index (χ1v) is 14.3. The Hall–Kier alpha value is -6.03. The van der Waals surface area contributed by atoms with Gasteiger partial charge in [0, 0.05) is 45.8 Å². The summed E-state index contributed by atoms with van der Waals surface area (Å²) in [6.07, 6.45) is 4.75. The third kappa shape index (κ3) is 5.12. The molecule has 0 aliphatic carbocycles. The molecule has 10 heteroatoms. The van der Waals surface area contributed by atoms with Crippen LogP contribution in [0.3, 0.4) is 0 Å². The van der Waals surface area contributed by atoms with Crippen LogP contribution >= 0.6 is 0 Å². The fraction of sp³-hybridized carbons (Fsp3) is 0.0857.